The van der Waals surface area contributed by atoms with Crippen LogP contribution in [0.3, 0.4) is 0 Å². The lowest BCUT2D eigenvalue weighted by molar-refractivity contribution is -0.137. The van der Waals surface area contributed by atoms with Crippen molar-refractivity contribution < 1.29 is 36.2 Å². The Kier molecular flexibility index (Phi) is 6.42. The van der Waals surface area contributed by atoms with Crippen molar-refractivity contribution in [3.05, 3.63) is 71.4 Å². The van der Waals surface area contributed by atoms with Crippen molar-refractivity contribution in [2.45, 2.75) is 26.6 Å². The zero-order chi connectivity index (χ0) is 25.3. The van der Waals surface area contributed by atoms with Gasteiger partial charge in [-0.05, 0) is 56.3 Å². The van der Waals surface area contributed by atoms with E-state index in [9.17, 15) is 26.7 Å². The van der Waals surface area contributed by atoms with Crippen molar-refractivity contribution in [3.8, 4) is 22.7 Å². The minimum Gasteiger partial charge on any atom is -0.462 e. The Morgan fingerprint density at radius 1 is 1.09 bits per heavy atom. The lowest BCUT2D eigenvalue weighted by Crippen LogP contribution is -2.12. The molecule has 0 spiro atoms. The highest BCUT2D eigenvalue weighted by Gasteiger charge is 2.35. The quantitative estimate of drug-likeness (QED) is 0.238. The van der Waals surface area contributed by atoms with Crippen LogP contribution < -0.4 is 4.74 Å². The maximum atomic E-state index is 13.7. The van der Waals surface area contributed by atoms with E-state index in [1.807, 2.05) is 0 Å². The molecule has 6 nitrogen and oxygen atoms in total. The highest BCUT2D eigenvalue weighted by molar-refractivity contribution is 6.05. The zero-order valence-electron chi connectivity index (χ0n) is 18.4. The Hall–Kier alpha value is -4.02. The molecule has 0 saturated heterocycles. The standard InChI is InChI=1S/C24H18F5N3O3/c1-3-34-22(33)16-12-18(14-8-10-15(11-9-14)35-23(25)26)30-21-20(16)13(2)31-32(21)19-7-5-4-6-17(19)24(27,28)29/h4-12,23H,3H2,1-2H3. The van der Waals surface area contributed by atoms with Gasteiger partial charge in [0.05, 0.1) is 40.2 Å². The van der Waals surface area contributed by atoms with Gasteiger partial charge in [-0.15, -0.1) is 0 Å². The number of fused-ring (bicyclic) bond motifs is 1. The van der Waals surface area contributed by atoms with Gasteiger partial charge in [-0.2, -0.15) is 27.1 Å². The van der Waals surface area contributed by atoms with Gasteiger partial charge in [-0.25, -0.2) is 14.5 Å². The maximum absolute atomic E-state index is 13.7. The third-order valence-corrected chi connectivity index (χ3v) is 5.12. The van der Waals surface area contributed by atoms with Crippen LogP contribution in [0.2, 0.25) is 0 Å². The molecule has 0 aliphatic carbocycles. The monoisotopic (exact) mass is 491 g/mol. The van der Waals surface area contributed by atoms with Crippen LogP contribution in [-0.4, -0.2) is 34.0 Å². The largest absolute Gasteiger partial charge is 0.462 e. The van der Waals surface area contributed by atoms with E-state index >= 15 is 0 Å². The Bertz CT molecular complexity index is 1380. The highest BCUT2D eigenvalue weighted by atomic mass is 19.4. The van der Waals surface area contributed by atoms with E-state index in [-0.39, 0.29) is 46.0 Å². The first-order valence-electron chi connectivity index (χ1n) is 10.4. The van der Waals surface area contributed by atoms with E-state index < -0.39 is 24.3 Å². The van der Waals surface area contributed by atoms with Gasteiger partial charge < -0.3 is 9.47 Å². The molecule has 0 saturated carbocycles. The molecule has 2 heterocycles. The van der Waals surface area contributed by atoms with Crippen LogP contribution in [0.25, 0.3) is 28.0 Å². The van der Waals surface area contributed by atoms with E-state index in [2.05, 4.69) is 14.8 Å². The minimum absolute atomic E-state index is 0.00709. The average Bonchev–Trinajstić information content (AvgIpc) is 3.14. The molecule has 0 bridgehead atoms. The number of para-hydroxylation sites is 1. The van der Waals surface area contributed by atoms with E-state index in [1.54, 1.807) is 13.8 Å². The fourth-order valence-corrected chi connectivity index (χ4v) is 3.68. The molecule has 35 heavy (non-hydrogen) atoms. The number of aromatic nitrogens is 3. The number of benzene rings is 2. The predicted molar refractivity (Wildman–Crippen MR) is 117 cm³/mol. The summed E-state index contributed by atoms with van der Waals surface area (Å²) < 4.78 is 76.7. The Morgan fingerprint density at radius 3 is 2.40 bits per heavy atom. The van der Waals surface area contributed by atoms with Crippen LogP contribution in [0, 0.1) is 6.92 Å². The van der Waals surface area contributed by atoms with Crippen molar-refractivity contribution in [1.82, 2.24) is 14.8 Å². The van der Waals surface area contributed by atoms with Crippen LogP contribution in [0.4, 0.5) is 22.0 Å². The number of hydrogen-bond acceptors (Lipinski definition) is 5. The van der Waals surface area contributed by atoms with Gasteiger partial charge in [-0.1, -0.05) is 12.1 Å². The molecule has 0 amide bonds. The lowest BCUT2D eigenvalue weighted by Gasteiger charge is -2.14. The molecule has 0 fully saturated rings. The highest BCUT2D eigenvalue weighted by Crippen LogP contribution is 2.36. The summed E-state index contributed by atoms with van der Waals surface area (Å²) in [4.78, 5) is 17.3. The fourth-order valence-electron chi connectivity index (χ4n) is 3.68. The molecule has 0 aliphatic rings. The predicted octanol–water partition coefficient (Wildman–Crippen LogP) is 6.19. The van der Waals surface area contributed by atoms with Crippen molar-refractivity contribution in [2.75, 3.05) is 6.61 Å². The molecule has 4 rings (SSSR count). The topological polar surface area (TPSA) is 66.2 Å². The number of nitrogens with zero attached hydrogens (tertiary/aromatic N) is 3. The number of carbonyl (C=O) groups is 1. The Balaban J connectivity index is 1.97. The SMILES string of the molecule is CCOC(=O)c1cc(-c2ccc(OC(F)F)cc2)nc2c1c(C)nn2-c1ccccc1C(F)(F)F. The summed E-state index contributed by atoms with van der Waals surface area (Å²) in [7, 11) is 0. The van der Waals surface area contributed by atoms with Gasteiger partial charge in [0.15, 0.2) is 5.65 Å². The van der Waals surface area contributed by atoms with Gasteiger partial charge in [-0.3, -0.25) is 0 Å². The van der Waals surface area contributed by atoms with E-state index in [0.717, 1.165) is 10.7 Å². The molecule has 2 aromatic carbocycles. The third-order valence-electron chi connectivity index (χ3n) is 5.12. The molecule has 2 aromatic heterocycles. The van der Waals surface area contributed by atoms with Gasteiger partial charge in [0.2, 0.25) is 0 Å². The minimum atomic E-state index is -4.66. The van der Waals surface area contributed by atoms with Crippen LogP contribution in [-0.2, 0) is 10.9 Å². The number of halogens is 5. The fraction of sp³-hybridized carbons (Fsp3) is 0.208. The number of esters is 1. The second-order valence-corrected chi connectivity index (χ2v) is 7.39. The van der Waals surface area contributed by atoms with E-state index in [1.165, 1.54) is 48.5 Å². The van der Waals surface area contributed by atoms with Crippen LogP contribution in [0.5, 0.6) is 5.75 Å². The molecule has 0 atom stereocenters. The van der Waals surface area contributed by atoms with Crippen molar-refractivity contribution in [2.24, 2.45) is 0 Å². The number of carbonyl (C=O) groups excluding carboxylic acids is 1. The normalized spacial score (nSPS) is 11.8. The first kappa shape index (κ1) is 24.1. The van der Waals surface area contributed by atoms with Crippen LogP contribution in [0.15, 0.2) is 54.6 Å². The summed E-state index contributed by atoms with van der Waals surface area (Å²) in [6.07, 6.45) is -4.66. The van der Waals surface area contributed by atoms with Gasteiger partial charge >= 0.3 is 18.8 Å². The summed E-state index contributed by atoms with van der Waals surface area (Å²) in [5, 5.41) is 4.50. The van der Waals surface area contributed by atoms with Gasteiger partial charge in [0.1, 0.15) is 5.75 Å². The van der Waals surface area contributed by atoms with Crippen molar-refractivity contribution >= 4 is 17.0 Å². The maximum Gasteiger partial charge on any atom is 0.418 e. The summed E-state index contributed by atoms with van der Waals surface area (Å²) >= 11 is 0. The number of rotatable bonds is 6. The molecule has 182 valence electrons. The molecule has 0 radical (unpaired) electrons. The van der Waals surface area contributed by atoms with Crippen molar-refractivity contribution in [1.29, 1.82) is 0 Å². The number of hydrogen-bond donors (Lipinski definition) is 0. The Labute approximate surface area is 195 Å². The smallest absolute Gasteiger partial charge is 0.418 e. The third kappa shape index (κ3) is 4.79. The Morgan fingerprint density at radius 2 is 1.77 bits per heavy atom. The second-order valence-electron chi connectivity index (χ2n) is 7.39. The van der Waals surface area contributed by atoms with Crippen molar-refractivity contribution in [3.63, 3.8) is 0 Å². The number of aryl methyl sites for hydroxylation is 1. The lowest BCUT2D eigenvalue weighted by atomic mass is 10.1. The number of alkyl halides is 5. The molecule has 0 unspecified atom stereocenters. The molecular formula is C24H18F5N3O3. The summed E-state index contributed by atoms with van der Waals surface area (Å²) in [6.45, 7) is 0.239. The molecular weight excluding hydrogens is 473 g/mol. The first-order valence-corrected chi connectivity index (χ1v) is 10.4. The summed E-state index contributed by atoms with van der Waals surface area (Å²) in [5.74, 6) is -0.791. The summed E-state index contributed by atoms with van der Waals surface area (Å²) in [6, 6.07) is 11.8. The first-order chi connectivity index (χ1) is 16.6. The molecule has 0 N–H and O–H groups in total. The van der Waals surface area contributed by atoms with Gasteiger partial charge in [0, 0.05) is 5.56 Å². The molecule has 4 aromatic rings. The number of pyridine rings is 1. The van der Waals surface area contributed by atoms with Crippen LogP contribution >= 0.6 is 0 Å². The van der Waals surface area contributed by atoms with Crippen LogP contribution in [0.1, 0.15) is 28.5 Å². The van der Waals surface area contributed by atoms with E-state index in [0.29, 0.717) is 5.56 Å². The molecule has 0 aliphatic heterocycles. The summed E-state index contributed by atoms with van der Waals surface area (Å²) in [5.41, 5.74) is -0.232. The molecule has 11 heteroatoms. The second kappa shape index (κ2) is 9.32. The van der Waals surface area contributed by atoms with Gasteiger partial charge in [0.25, 0.3) is 0 Å². The zero-order valence-corrected chi connectivity index (χ0v) is 18.4. The van der Waals surface area contributed by atoms with E-state index in [4.69, 9.17) is 4.74 Å². The number of ether oxygens (including phenoxy) is 2. The average molecular weight is 491 g/mol.